The molecule has 0 saturated carbocycles. The fourth-order valence-electron chi connectivity index (χ4n) is 6.35. The molecule has 0 heterocycles. The van der Waals surface area contributed by atoms with E-state index >= 15 is 0 Å². The van der Waals surface area contributed by atoms with E-state index in [0.29, 0.717) is 12.8 Å². The van der Waals surface area contributed by atoms with Gasteiger partial charge in [-0.15, -0.1) is 0 Å². The zero-order valence-corrected chi connectivity index (χ0v) is 30.1. The van der Waals surface area contributed by atoms with Crippen LogP contribution in [0, 0.1) is 0 Å². The number of hydrogen-bond acceptors (Lipinski definition) is 5. The molecule has 0 aromatic carbocycles. The smallest absolute Gasteiger partial charge is 0.249 e. The average Bonchev–Trinajstić information content (AvgIpc) is 3.03. The summed E-state index contributed by atoms with van der Waals surface area (Å²) in [7, 11) is 0. The van der Waals surface area contributed by atoms with Gasteiger partial charge in [0.05, 0.1) is 24.9 Å². The maximum absolute atomic E-state index is 12.5. The van der Waals surface area contributed by atoms with Crippen molar-refractivity contribution in [2.75, 3.05) is 6.61 Å². The highest BCUT2D eigenvalue weighted by atomic mass is 16.3. The highest BCUT2D eigenvalue weighted by Crippen LogP contribution is 2.16. The van der Waals surface area contributed by atoms with Crippen molar-refractivity contribution in [1.82, 2.24) is 5.32 Å². The minimum Gasteiger partial charge on any atom is -0.394 e. The maximum Gasteiger partial charge on any atom is 0.249 e. The molecule has 0 aromatic heterocycles. The summed E-state index contributed by atoms with van der Waals surface area (Å²) in [6, 6.07) is -0.794. The predicted molar refractivity (Wildman–Crippen MR) is 192 cm³/mol. The van der Waals surface area contributed by atoms with Crippen molar-refractivity contribution in [3.8, 4) is 0 Å². The Labute approximate surface area is 279 Å². The molecule has 0 aliphatic carbocycles. The van der Waals surface area contributed by atoms with Gasteiger partial charge >= 0.3 is 0 Å². The molecular weight excluding hydrogens is 562 g/mol. The molecule has 1 amide bonds. The van der Waals surface area contributed by atoms with Crippen molar-refractivity contribution in [3.05, 3.63) is 0 Å². The van der Waals surface area contributed by atoms with E-state index in [1.165, 1.54) is 148 Å². The first-order valence-corrected chi connectivity index (χ1v) is 19.9. The Hall–Kier alpha value is -0.690. The van der Waals surface area contributed by atoms with E-state index in [2.05, 4.69) is 19.2 Å². The van der Waals surface area contributed by atoms with Crippen molar-refractivity contribution >= 4 is 5.91 Å². The lowest BCUT2D eigenvalue weighted by atomic mass is 10.0. The third-order valence-electron chi connectivity index (χ3n) is 9.53. The van der Waals surface area contributed by atoms with Gasteiger partial charge in [0.1, 0.15) is 6.10 Å². The summed E-state index contributed by atoms with van der Waals surface area (Å²) in [5.74, 6) is -0.631. The number of aliphatic hydroxyl groups excluding tert-OH is 4. The molecule has 6 nitrogen and oxygen atoms in total. The number of aliphatic hydroxyl groups is 4. The number of hydrogen-bond donors (Lipinski definition) is 5. The molecule has 0 aromatic rings. The van der Waals surface area contributed by atoms with Crippen LogP contribution in [0.3, 0.4) is 0 Å². The Bertz CT molecular complexity index is 604. The Balaban J connectivity index is 3.72. The summed E-state index contributed by atoms with van der Waals surface area (Å²) in [6.07, 6.45) is 34.0. The molecule has 5 N–H and O–H groups in total. The summed E-state index contributed by atoms with van der Waals surface area (Å²) in [5.41, 5.74) is 0. The number of rotatable bonds is 36. The van der Waals surface area contributed by atoms with Crippen LogP contribution in [0.2, 0.25) is 0 Å². The first-order valence-electron chi connectivity index (χ1n) is 19.9. The van der Waals surface area contributed by atoms with Gasteiger partial charge < -0.3 is 25.7 Å². The van der Waals surface area contributed by atoms with E-state index in [1.54, 1.807) is 0 Å². The van der Waals surface area contributed by atoms with Gasteiger partial charge in [-0.2, -0.15) is 0 Å². The lowest BCUT2D eigenvalue weighted by Gasteiger charge is -2.24. The van der Waals surface area contributed by atoms with E-state index in [-0.39, 0.29) is 13.0 Å². The van der Waals surface area contributed by atoms with Crippen LogP contribution in [0.25, 0.3) is 0 Å². The number of carbonyl (C=O) groups is 1. The van der Waals surface area contributed by atoms with Crippen LogP contribution in [0.4, 0.5) is 0 Å². The van der Waals surface area contributed by atoms with Gasteiger partial charge in [-0.25, -0.2) is 0 Å². The Morgan fingerprint density at radius 2 is 0.800 bits per heavy atom. The molecule has 4 atom stereocenters. The highest BCUT2D eigenvalue weighted by molar-refractivity contribution is 5.80. The van der Waals surface area contributed by atoms with Crippen LogP contribution >= 0.6 is 0 Å². The molecule has 0 fully saturated rings. The number of nitrogens with one attached hydrogen (secondary N) is 1. The average molecular weight is 642 g/mol. The summed E-state index contributed by atoms with van der Waals surface area (Å²) in [4.78, 5) is 12.5. The van der Waals surface area contributed by atoms with Gasteiger partial charge in [-0.1, -0.05) is 194 Å². The number of carbonyl (C=O) groups excluding carboxylic acids is 1. The summed E-state index contributed by atoms with van der Waals surface area (Å²) < 4.78 is 0. The van der Waals surface area contributed by atoms with Crippen LogP contribution in [0.5, 0.6) is 0 Å². The fourth-order valence-corrected chi connectivity index (χ4v) is 6.35. The standard InChI is InChI=1S/C39H79NO5/c1-3-5-7-9-11-13-15-16-17-18-19-20-22-23-25-27-29-31-35(42)33-38(44)39(45)40-36(34-41)37(43)32-30-28-26-24-21-14-12-10-8-6-4-2/h35-38,41-44H,3-34H2,1-2H3,(H,40,45). The second kappa shape index (κ2) is 34.6. The Morgan fingerprint density at radius 3 is 1.13 bits per heavy atom. The molecular formula is C39H79NO5. The van der Waals surface area contributed by atoms with E-state index in [9.17, 15) is 25.2 Å². The van der Waals surface area contributed by atoms with Crippen LogP contribution in [0.1, 0.15) is 213 Å². The third kappa shape index (κ3) is 30.4. The van der Waals surface area contributed by atoms with Crippen molar-refractivity contribution < 1.29 is 25.2 Å². The van der Waals surface area contributed by atoms with E-state index in [4.69, 9.17) is 0 Å². The minimum absolute atomic E-state index is 0.0163. The van der Waals surface area contributed by atoms with Gasteiger partial charge in [-0.05, 0) is 12.8 Å². The predicted octanol–water partition coefficient (Wildman–Crippen LogP) is 9.68. The zero-order chi connectivity index (χ0) is 33.2. The van der Waals surface area contributed by atoms with Crippen LogP contribution < -0.4 is 5.32 Å². The Kier molecular flexibility index (Phi) is 34.1. The van der Waals surface area contributed by atoms with Gasteiger partial charge in [0.15, 0.2) is 0 Å². The molecule has 0 aliphatic heterocycles. The number of amides is 1. The highest BCUT2D eigenvalue weighted by Gasteiger charge is 2.25. The molecule has 0 saturated heterocycles. The van der Waals surface area contributed by atoms with Crippen molar-refractivity contribution in [3.63, 3.8) is 0 Å². The second-order valence-corrected chi connectivity index (χ2v) is 14.0. The molecule has 270 valence electrons. The Morgan fingerprint density at radius 1 is 0.489 bits per heavy atom. The quantitative estimate of drug-likeness (QED) is 0.0438. The summed E-state index contributed by atoms with van der Waals surface area (Å²) >= 11 is 0. The van der Waals surface area contributed by atoms with Crippen molar-refractivity contribution in [1.29, 1.82) is 0 Å². The largest absolute Gasteiger partial charge is 0.394 e. The molecule has 0 radical (unpaired) electrons. The molecule has 0 spiro atoms. The third-order valence-corrected chi connectivity index (χ3v) is 9.53. The van der Waals surface area contributed by atoms with E-state index in [0.717, 1.165) is 32.1 Å². The van der Waals surface area contributed by atoms with E-state index < -0.39 is 30.3 Å². The van der Waals surface area contributed by atoms with Crippen LogP contribution in [0.15, 0.2) is 0 Å². The van der Waals surface area contributed by atoms with Crippen molar-refractivity contribution in [2.24, 2.45) is 0 Å². The zero-order valence-electron chi connectivity index (χ0n) is 30.1. The molecule has 45 heavy (non-hydrogen) atoms. The van der Waals surface area contributed by atoms with Gasteiger partial charge in [0.25, 0.3) is 0 Å². The number of unbranched alkanes of at least 4 members (excludes halogenated alkanes) is 26. The van der Waals surface area contributed by atoms with Crippen molar-refractivity contribution in [2.45, 2.75) is 237 Å². The SMILES string of the molecule is CCCCCCCCCCCCCCCCCCCC(O)CC(O)C(=O)NC(CO)C(O)CCCCCCCCCCCCC. The van der Waals surface area contributed by atoms with Crippen LogP contribution in [-0.4, -0.2) is 57.3 Å². The second-order valence-electron chi connectivity index (χ2n) is 14.0. The van der Waals surface area contributed by atoms with E-state index in [1.807, 2.05) is 0 Å². The molecule has 6 heteroatoms. The summed E-state index contributed by atoms with van der Waals surface area (Å²) in [5, 5.41) is 43.4. The first kappa shape index (κ1) is 44.3. The molecule has 0 aliphatic rings. The lowest BCUT2D eigenvalue weighted by Crippen LogP contribution is -2.49. The van der Waals surface area contributed by atoms with Gasteiger partial charge in [-0.3, -0.25) is 4.79 Å². The minimum atomic E-state index is -1.34. The molecule has 4 unspecified atom stereocenters. The van der Waals surface area contributed by atoms with Gasteiger partial charge in [0.2, 0.25) is 5.91 Å². The normalized spacial score (nSPS) is 14.4. The monoisotopic (exact) mass is 642 g/mol. The fraction of sp³-hybridized carbons (Fsp3) is 0.974. The first-order chi connectivity index (χ1) is 22.0. The maximum atomic E-state index is 12.5. The lowest BCUT2D eigenvalue weighted by molar-refractivity contribution is -0.133. The molecule has 0 rings (SSSR count). The van der Waals surface area contributed by atoms with Crippen LogP contribution in [-0.2, 0) is 4.79 Å². The van der Waals surface area contributed by atoms with Gasteiger partial charge in [0, 0.05) is 6.42 Å². The topological polar surface area (TPSA) is 110 Å². The summed E-state index contributed by atoms with van der Waals surface area (Å²) in [6.45, 7) is 4.14. The molecule has 0 bridgehead atoms.